The van der Waals surface area contributed by atoms with Gasteiger partial charge in [-0.2, -0.15) is 23.5 Å². The van der Waals surface area contributed by atoms with E-state index in [0.29, 0.717) is 54.8 Å². The number of thioether (sulfide) groups is 2. The molecule has 0 spiro atoms. The fourth-order valence-electron chi connectivity index (χ4n) is 2.63. The molecule has 1 aromatic rings. The lowest BCUT2D eigenvalue weighted by atomic mass is 10.1. The van der Waals surface area contributed by atoms with Crippen molar-refractivity contribution in [2.24, 2.45) is 0 Å². The van der Waals surface area contributed by atoms with E-state index in [0.717, 1.165) is 42.4 Å². The fraction of sp³-hybridized carbons (Fsp3) is 0.652. The van der Waals surface area contributed by atoms with Crippen molar-refractivity contribution >= 4 is 35.5 Å². The Balaban J connectivity index is 2.38. The highest BCUT2D eigenvalue weighted by Crippen LogP contribution is 2.31. The molecule has 1 aromatic carbocycles. The van der Waals surface area contributed by atoms with Gasteiger partial charge in [-0.3, -0.25) is 9.59 Å². The molecule has 0 aliphatic carbocycles. The third kappa shape index (κ3) is 11.7. The third-order valence-electron chi connectivity index (χ3n) is 4.35. The first-order chi connectivity index (χ1) is 14.5. The van der Waals surface area contributed by atoms with Gasteiger partial charge in [0, 0.05) is 34.1 Å². The second kappa shape index (κ2) is 16.4. The summed E-state index contributed by atoms with van der Waals surface area (Å²) in [7, 11) is 0. The molecule has 5 nitrogen and oxygen atoms in total. The van der Waals surface area contributed by atoms with Gasteiger partial charge in [0.05, 0.1) is 26.1 Å². The van der Waals surface area contributed by atoms with Crippen molar-refractivity contribution < 1.29 is 24.2 Å². The number of aryl methyl sites for hydroxylation is 1. The summed E-state index contributed by atoms with van der Waals surface area (Å²) in [5.74, 6) is 2.64. The van der Waals surface area contributed by atoms with Crippen molar-refractivity contribution in [1.29, 1.82) is 0 Å². The fourth-order valence-corrected chi connectivity index (χ4v) is 4.43. The third-order valence-corrected chi connectivity index (χ3v) is 6.37. The van der Waals surface area contributed by atoms with E-state index in [2.05, 4.69) is 13.8 Å². The number of hydrogen-bond donors (Lipinski definition) is 1. The topological polar surface area (TPSA) is 72.8 Å². The van der Waals surface area contributed by atoms with E-state index in [9.17, 15) is 14.7 Å². The predicted molar refractivity (Wildman–Crippen MR) is 126 cm³/mol. The van der Waals surface area contributed by atoms with E-state index in [4.69, 9.17) is 9.47 Å². The first-order valence-electron chi connectivity index (χ1n) is 10.8. The molecular formula is C23H36O5S2. The second-order valence-electron chi connectivity index (χ2n) is 7.18. The number of hydrogen-bond acceptors (Lipinski definition) is 7. The zero-order valence-electron chi connectivity index (χ0n) is 18.5. The standard InChI is InChI=1S/C23H36O5S2/c1-4-6-10-27-21(24)8-12-29-16-19-14-18(3)15-20(23(19)26)17-30-13-9-22(25)28-11-7-5-2/h14-15,26H,4-13,16-17H2,1-3H3. The van der Waals surface area contributed by atoms with Gasteiger partial charge in [0.1, 0.15) is 5.75 Å². The highest BCUT2D eigenvalue weighted by molar-refractivity contribution is 7.98. The van der Waals surface area contributed by atoms with Gasteiger partial charge in [-0.05, 0) is 19.8 Å². The second-order valence-corrected chi connectivity index (χ2v) is 9.40. The van der Waals surface area contributed by atoms with Crippen LogP contribution in [0.3, 0.4) is 0 Å². The smallest absolute Gasteiger partial charge is 0.306 e. The number of phenolic OH excluding ortho intramolecular Hbond substituents is 1. The van der Waals surface area contributed by atoms with Gasteiger partial charge in [0.2, 0.25) is 0 Å². The summed E-state index contributed by atoms with van der Waals surface area (Å²) in [5.41, 5.74) is 2.86. The Morgan fingerprint density at radius 1 is 0.867 bits per heavy atom. The number of esters is 2. The van der Waals surface area contributed by atoms with Crippen LogP contribution in [-0.2, 0) is 30.6 Å². The molecule has 1 N–H and O–H groups in total. The molecule has 0 fully saturated rings. The summed E-state index contributed by atoms with van der Waals surface area (Å²) in [6.45, 7) is 7.13. The number of carbonyl (C=O) groups excluding carboxylic acids is 2. The summed E-state index contributed by atoms with van der Waals surface area (Å²) in [5, 5.41) is 10.6. The molecule has 0 heterocycles. The Hall–Kier alpha value is -1.34. The number of ether oxygens (including phenoxy) is 2. The molecule has 0 aliphatic rings. The molecule has 0 radical (unpaired) electrons. The van der Waals surface area contributed by atoms with Gasteiger partial charge >= 0.3 is 11.9 Å². The van der Waals surface area contributed by atoms with Crippen molar-refractivity contribution in [2.45, 2.75) is 70.8 Å². The van der Waals surface area contributed by atoms with Gasteiger partial charge in [-0.25, -0.2) is 0 Å². The first kappa shape index (κ1) is 26.7. The number of unbranched alkanes of at least 4 members (excludes halogenated alkanes) is 2. The molecule has 1 rings (SSSR count). The lowest BCUT2D eigenvalue weighted by Gasteiger charge is -2.12. The van der Waals surface area contributed by atoms with Crippen LogP contribution in [0, 0.1) is 6.92 Å². The normalized spacial score (nSPS) is 10.8. The van der Waals surface area contributed by atoms with Crippen LogP contribution >= 0.6 is 23.5 Å². The van der Waals surface area contributed by atoms with Crippen LogP contribution in [0.2, 0.25) is 0 Å². The van der Waals surface area contributed by atoms with Crippen LogP contribution in [0.25, 0.3) is 0 Å². The van der Waals surface area contributed by atoms with Crippen molar-refractivity contribution in [3.63, 3.8) is 0 Å². The number of phenols is 1. The van der Waals surface area contributed by atoms with Gasteiger partial charge in [-0.1, -0.05) is 44.4 Å². The van der Waals surface area contributed by atoms with Crippen LogP contribution in [0.15, 0.2) is 12.1 Å². The Labute approximate surface area is 189 Å². The molecule has 0 unspecified atom stereocenters. The van der Waals surface area contributed by atoms with Crippen LogP contribution < -0.4 is 0 Å². The highest BCUT2D eigenvalue weighted by Gasteiger charge is 2.11. The van der Waals surface area contributed by atoms with E-state index >= 15 is 0 Å². The minimum Gasteiger partial charge on any atom is -0.507 e. The summed E-state index contributed by atoms with van der Waals surface area (Å²) in [6, 6.07) is 3.97. The molecule has 0 aromatic heterocycles. The molecule has 170 valence electrons. The van der Waals surface area contributed by atoms with Gasteiger partial charge < -0.3 is 14.6 Å². The quantitative estimate of drug-likeness (QED) is 0.255. The number of benzene rings is 1. The monoisotopic (exact) mass is 456 g/mol. The molecule has 0 saturated heterocycles. The van der Waals surface area contributed by atoms with Crippen LogP contribution in [0.4, 0.5) is 0 Å². The van der Waals surface area contributed by atoms with E-state index < -0.39 is 0 Å². The Bertz CT molecular complexity index is 597. The predicted octanol–water partition coefficient (Wildman–Crippen LogP) is 5.63. The minimum atomic E-state index is -0.158. The number of rotatable bonds is 16. The van der Waals surface area contributed by atoms with Gasteiger partial charge in [0.15, 0.2) is 0 Å². The van der Waals surface area contributed by atoms with E-state index in [1.807, 2.05) is 19.1 Å². The molecule has 0 saturated carbocycles. The highest BCUT2D eigenvalue weighted by atomic mass is 32.2. The maximum absolute atomic E-state index is 11.7. The Morgan fingerprint density at radius 3 is 1.70 bits per heavy atom. The van der Waals surface area contributed by atoms with Crippen LogP contribution in [-0.4, -0.2) is 41.8 Å². The summed E-state index contributed by atoms with van der Waals surface area (Å²) in [6.07, 6.45) is 4.60. The van der Waals surface area contributed by atoms with E-state index in [-0.39, 0.29) is 11.9 Å². The van der Waals surface area contributed by atoms with E-state index in [1.54, 1.807) is 23.5 Å². The van der Waals surface area contributed by atoms with Crippen molar-refractivity contribution in [3.05, 3.63) is 28.8 Å². The number of aromatic hydroxyl groups is 1. The Morgan fingerprint density at radius 2 is 1.30 bits per heavy atom. The summed E-state index contributed by atoms with van der Waals surface area (Å²) in [4.78, 5) is 23.3. The van der Waals surface area contributed by atoms with Crippen molar-refractivity contribution in [3.8, 4) is 5.75 Å². The maximum atomic E-state index is 11.7. The first-order valence-corrected chi connectivity index (χ1v) is 13.1. The largest absolute Gasteiger partial charge is 0.507 e. The summed E-state index contributed by atoms with van der Waals surface area (Å²) >= 11 is 3.24. The van der Waals surface area contributed by atoms with Gasteiger partial charge in [0.25, 0.3) is 0 Å². The van der Waals surface area contributed by atoms with Crippen LogP contribution in [0.5, 0.6) is 5.75 Å². The van der Waals surface area contributed by atoms with Crippen molar-refractivity contribution in [1.82, 2.24) is 0 Å². The van der Waals surface area contributed by atoms with Crippen molar-refractivity contribution in [2.75, 3.05) is 24.7 Å². The SMILES string of the molecule is CCCCOC(=O)CCSCc1cc(C)cc(CSCCC(=O)OCCCC)c1O. The maximum Gasteiger partial charge on any atom is 0.306 e. The molecule has 30 heavy (non-hydrogen) atoms. The summed E-state index contributed by atoms with van der Waals surface area (Å²) < 4.78 is 10.3. The molecule has 0 atom stereocenters. The van der Waals surface area contributed by atoms with Gasteiger partial charge in [-0.15, -0.1) is 0 Å². The molecule has 7 heteroatoms. The number of carbonyl (C=O) groups is 2. The van der Waals surface area contributed by atoms with Crippen LogP contribution in [0.1, 0.15) is 69.1 Å². The van der Waals surface area contributed by atoms with E-state index in [1.165, 1.54) is 0 Å². The lowest BCUT2D eigenvalue weighted by Crippen LogP contribution is -2.06. The molecule has 0 aliphatic heterocycles. The average Bonchev–Trinajstić information content (AvgIpc) is 2.71. The zero-order valence-corrected chi connectivity index (χ0v) is 20.2. The Kier molecular flexibility index (Phi) is 14.6. The average molecular weight is 457 g/mol. The lowest BCUT2D eigenvalue weighted by molar-refractivity contribution is -0.144. The molecule has 0 bridgehead atoms. The molecule has 0 amide bonds. The molecular weight excluding hydrogens is 420 g/mol. The minimum absolute atomic E-state index is 0.158. The zero-order chi connectivity index (χ0) is 22.2.